The molecule has 2 aromatic rings. The summed E-state index contributed by atoms with van der Waals surface area (Å²) < 4.78 is 11.4. The standard InChI is InChI=1S/C21H27NO2/c1-20(2)14-21(22,15-20)12-17-9-10-18(23-3)19(11-17)24-13-16-7-5-4-6-8-16/h4-11H,12-15,22H2,1-3H3. The minimum Gasteiger partial charge on any atom is -0.493 e. The summed E-state index contributed by atoms with van der Waals surface area (Å²) in [6.45, 7) is 5.09. The van der Waals surface area contributed by atoms with Crippen LogP contribution in [0.3, 0.4) is 0 Å². The number of hydrogen-bond donors (Lipinski definition) is 1. The lowest BCUT2D eigenvalue weighted by molar-refractivity contribution is 0.0640. The van der Waals surface area contributed by atoms with Crippen molar-refractivity contribution in [3.8, 4) is 11.5 Å². The molecule has 0 aromatic heterocycles. The van der Waals surface area contributed by atoms with Gasteiger partial charge in [-0.25, -0.2) is 0 Å². The summed E-state index contributed by atoms with van der Waals surface area (Å²) in [6.07, 6.45) is 3.00. The van der Waals surface area contributed by atoms with Crippen LogP contribution in [0, 0.1) is 5.41 Å². The minimum atomic E-state index is -0.0885. The van der Waals surface area contributed by atoms with E-state index >= 15 is 0 Å². The Morgan fingerprint density at radius 2 is 1.67 bits per heavy atom. The second kappa shape index (κ2) is 6.48. The fourth-order valence-corrected chi connectivity index (χ4v) is 4.07. The molecule has 1 aliphatic rings. The highest BCUT2D eigenvalue weighted by atomic mass is 16.5. The molecule has 3 heteroatoms. The van der Waals surface area contributed by atoms with Crippen LogP contribution in [0.25, 0.3) is 0 Å². The van der Waals surface area contributed by atoms with Crippen LogP contribution in [0.5, 0.6) is 11.5 Å². The quantitative estimate of drug-likeness (QED) is 0.859. The van der Waals surface area contributed by atoms with Gasteiger partial charge in [0.05, 0.1) is 7.11 Å². The van der Waals surface area contributed by atoms with Gasteiger partial charge in [-0.1, -0.05) is 50.2 Å². The summed E-state index contributed by atoms with van der Waals surface area (Å²) in [4.78, 5) is 0. The van der Waals surface area contributed by atoms with Crippen LogP contribution < -0.4 is 15.2 Å². The zero-order valence-electron chi connectivity index (χ0n) is 14.8. The third-order valence-electron chi connectivity index (χ3n) is 4.68. The monoisotopic (exact) mass is 325 g/mol. The van der Waals surface area contributed by atoms with Crippen LogP contribution in [-0.4, -0.2) is 12.6 Å². The highest BCUT2D eigenvalue weighted by molar-refractivity contribution is 5.43. The van der Waals surface area contributed by atoms with E-state index in [1.807, 2.05) is 24.3 Å². The predicted octanol–water partition coefficient (Wildman–Crippen LogP) is 4.33. The van der Waals surface area contributed by atoms with Crippen LogP contribution in [0.1, 0.15) is 37.8 Å². The van der Waals surface area contributed by atoms with Crippen molar-refractivity contribution in [3.63, 3.8) is 0 Å². The third-order valence-corrected chi connectivity index (χ3v) is 4.68. The van der Waals surface area contributed by atoms with Gasteiger partial charge < -0.3 is 15.2 Å². The molecule has 1 fully saturated rings. The number of rotatable bonds is 6. The smallest absolute Gasteiger partial charge is 0.161 e. The molecule has 0 aliphatic heterocycles. The van der Waals surface area contributed by atoms with Gasteiger partial charge in [-0.05, 0) is 47.9 Å². The van der Waals surface area contributed by atoms with Crippen LogP contribution in [0.4, 0.5) is 0 Å². The van der Waals surface area contributed by atoms with Crippen molar-refractivity contribution in [2.75, 3.05) is 7.11 Å². The Labute approximate surface area is 144 Å². The van der Waals surface area contributed by atoms with E-state index in [1.54, 1.807) is 7.11 Å². The van der Waals surface area contributed by atoms with Gasteiger partial charge in [-0.3, -0.25) is 0 Å². The molecule has 3 nitrogen and oxygen atoms in total. The molecule has 2 N–H and O–H groups in total. The van der Waals surface area contributed by atoms with E-state index < -0.39 is 0 Å². The van der Waals surface area contributed by atoms with Crippen LogP contribution >= 0.6 is 0 Å². The summed E-state index contributed by atoms with van der Waals surface area (Å²) in [5.74, 6) is 1.54. The van der Waals surface area contributed by atoms with Gasteiger partial charge in [-0.15, -0.1) is 0 Å². The number of ether oxygens (including phenoxy) is 2. The number of hydrogen-bond acceptors (Lipinski definition) is 3. The lowest BCUT2D eigenvalue weighted by Gasteiger charge is -2.51. The first-order valence-corrected chi connectivity index (χ1v) is 8.52. The molecule has 3 rings (SSSR count). The van der Waals surface area contributed by atoms with Gasteiger partial charge in [0.2, 0.25) is 0 Å². The van der Waals surface area contributed by atoms with Crippen LogP contribution in [0.2, 0.25) is 0 Å². The second-order valence-electron chi connectivity index (χ2n) is 7.82. The van der Waals surface area contributed by atoms with Gasteiger partial charge in [0.15, 0.2) is 11.5 Å². The summed E-state index contributed by atoms with van der Waals surface area (Å²) in [5.41, 5.74) is 9.15. The Kier molecular flexibility index (Phi) is 4.55. The highest BCUT2D eigenvalue weighted by Gasteiger charge is 2.46. The first-order chi connectivity index (χ1) is 11.4. The van der Waals surface area contributed by atoms with Gasteiger partial charge in [0.25, 0.3) is 0 Å². The summed E-state index contributed by atoms with van der Waals surface area (Å²) >= 11 is 0. The Hall–Kier alpha value is -2.00. The molecule has 0 radical (unpaired) electrons. The SMILES string of the molecule is COc1ccc(CC2(N)CC(C)(C)C2)cc1OCc1ccccc1. The molecule has 0 heterocycles. The van der Waals surface area contributed by atoms with E-state index in [-0.39, 0.29) is 5.54 Å². The van der Waals surface area contributed by atoms with Crippen LogP contribution in [-0.2, 0) is 13.0 Å². The van der Waals surface area contributed by atoms with Crippen molar-refractivity contribution in [1.29, 1.82) is 0 Å². The fraction of sp³-hybridized carbons (Fsp3) is 0.429. The van der Waals surface area contributed by atoms with Crippen molar-refractivity contribution in [2.45, 2.75) is 45.3 Å². The molecule has 128 valence electrons. The first-order valence-electron chi connectivity index (χ1n) is 8.52. The van der Waals surface area contributed by atoms with Crippen molar-refractivity contribution in [3.05, 3.63) is 59.7 Å². The van der Waals surface area contributed by atoms with E-state index in [0.717, 1.165) is 36.3 Å². The average Bonchev–Trinajstić information content (AvgIpc) is 2.52. The number of nitrogens with two attached hydrogens (primary N) is 1. The van der Waals surface area contributed by atoms with Crippen molar-refractivity contribution >= 4 is 0 Å². The summed E-state index contributed by atoms with van der Waals surface area (Å²) in [6, 6.07) is 16.3. The van der Waals surface area contributed by atoms with Crippen molar-refractivity contribution < 1.29 is 9.47 Å². The molecule has 1 aliphatic carbocycles. The molecule has 24 heavy (non-hydrogen) atoms. The Bertz CT molecular complexity index is 686. The molecule has 2 aromatic carbocycles. The molecule has 0 bridgehead atoms. The fourth-order valence-electron chi connectivity index (χ4n) is 4.07. The minimum absolute atomic E-state index is 0.0885. The third kappa shape index (κ3) is 3.90. The Morgan fingerprint density at radius 3 is 2.29 bits per heavy atom. The van der Waals surface area contributed by atoms with E-state index in [9.17, 15) is 0 Å². The van der Waals surface area contributed by atoms with E-state index in [0.29, 0.717) is 12.0 Å². The van der Waals surface area contributed by atoms with E-state index in [4.69, 9.17) is 15.2 Å². The summed E-state index contributed by atoms with van der Waals surface area (Å²) in [5, 5.41) is 0. The lowest BCUT2D eigenvalue weighted by atomic mass is 9.58. The maximum atomic E-state index is 6.52. The van der Waals surface area contributed by atoms with Gasteiger partial charge in [0.1, 0.15) is 6.61 Å². The molecular formula is C21H27NO2. The first kappa shape index (κ1) is 16.8. The summed E-state index contributed by atoms with van der Waals surface area (Å²) in [7, 11) is 1.67. The van der Waals surface area contributed by atoms with Crippen LogP contribution in [0.15, 0.2) is 48.5 Å². The van der Waals surface area contributed by atoms with Crippen molar-refractivity contribution in [2.24, 2.45) is 11.1 Å². The maximum absolute atomic E-state index is 6.52. The normalized spacial score (nSPS) is 17.8. The second-order valence-corrected chi connectivity index (χ2v) is 7.82. The van der Waals surface area contributed by atoms with Gasteiger partial charge >= 0.3 is 0 Å². The largest absolute Gasteiger partial charge is 0.493 e. The zero-order valence-corrected chi connectivity index (χ0v) is 14.8. The van der Waals surface area contributed by atoms with E-state index in [2.05, 4.69) is 38.1 Å². The predicted molar refractivity (Wildman–Crippen MR) is 97.4 cm³/mol. The molecule has 0 amide bonds. The molecule has 1 saturated carbocycles. The zero-order chi connectivity index (χ0) is 17.2. The lowest BCUT2D eigenvalue weighted by Crippen LogP contribution is -2.57. The van der Waals surface area contributed by atoms with Gasteiger partial charge in [0, 0.05) is 5.54 Å². The molecule has 0 unspecified atom stereocenters. The molecule has 0 atom stereocenters. The number of methoxy groups -OCH3 is 1. The Balaban J connectivity index is 1.71. The molecule has 0 spiro atoms. The molecular weight excluding hydrogens is 298 g/mol. The maximum Gasteiger partial charge on any atom is 0.161 e. The van der Waals surface area contributed by atoms with Crippen molar-refractivity contribution in [1.82, 2.24) is 0 Å². The Morgan fingerprint density at radius 1 is 0.958 bits per heavy atom. The average molecular weight is 325 g/mol. The van der Waals surface area contributed by atoms with Gasteiger partial charge in [-0.2, -0.15) is 0 Å². The highest BCUT2D eigenvalue weighted by Crippen LogP contribution is 2.48. The number of benzene rings is 2. The topological polar surface area (TPSA) is 44.5 Å². The van der Waals surface area contributed by atoms with E-state index in [1.165, 1.54) is 5.56 Å². The molecule has 0 saturated heterocycles.